The number of nitro groups is 1. The Morgan fingerprint density at radius 3 is 2.94 bits per heavy atom. The van der Waals surface area contributed by atoms with Gasteiger partial charge in [-0.05, 0) is 12.6 Å². The highest BCUT2D eigenvalue weighted by atomic mass is 35.5. The Hall–Kier alpha value is -1.50. The molecule has 0 saturated carbocycles. The van der Waals surface area contributed by atoms with Crippen LogP contribution in [0.15, 0.2) is 23.6 Å². The maximum Gasteiger partial charge on any atom is 0.288 e. The minimum absolute atomic E-state index is 0.109. The molecule has 2 N–H and O–H groups in total. The van der Waals surface area contributed by atoms with Gasteiger partial charge in [0.25, 0.3) is 5.69 Å². The van der Waals surface area contributed by atoms with Crippen LogP contribution < -0.4 is 5.73 Å². The molecule has 0 unspecified atom stereocenters. The van der Waals surface area contributed by atoms with E-state index in [1.54, 1.807) is 6.07 Å². The second-order valence-electron chi connectivity index (χ2n) is 3.59. The van der Waals surface area contributed by atoms with Crippen molar-refractivity contribution < 1.29 is 4.92 Å². The Balaban J connectivity index is 2.38. The quantitative estimate of drug-likeness (QED) is 0.691. The third-order valence-electron chi connectivity index (χ3n) is 2.35. The summed E-state index contributed by atoms with van der Waals surface area (Å²) < 4.78 is 0. The van der Waals surface area contributed by atoms with Crippen LogP contribution in [0.2, 0.25) is 5.02 Å². The molecule has 0 fully saturated rings. The summed E-state index contributed by atoms with van der Waals surface area (Å²) >= 11 is 7.25. The minimum Gasteiger partial charge on any atom is -0.330 e. The molecule has 0 aliphatic rings. The van der Waals surface area contributed by atoms with Crippen LogP contribution in [0.3, 0.4) is 0 Å². The average molecular weight is 284 g/mol. The molecule has 1 aromatic carbocycles. The third kappa shape index (κ3) is 2.66. The highest BCUT2D eigenvalue weighted by molar-refractivity contribution is 7.09. The van der Waals surface area contributed by atoms with Gasteiger partial charge in [0.2, 0.25) is 0 Å². The van der Waals surface area contributed by atoms with Crippen LogP contribution in [0.4, 0.5) is 5.69 Å². The lowest BCUT2D eigenvalue weighted by atomic mass is 10.1. The van der Waals surface area contributed by atoms with Gasteiger partial charge in [-0.2, -0.15) is 0 Å². The van der Waals surface area contributed by atoms with E-state index in [2.05, 4.69) is 4.98 Å². The monoisotopic (exact) mass is 283 g/mol. The Bertz CT molecular complexity index is 585. The maximum atomic E-state index is 10.8. The third-order valence-corrected chi connectivity index (χ3v) is 3.58. The molecule has 5 nitrogen and oxygen atoms in total. The number of benzene rings is 1. The Kier molecular flexibility index (Phi) is 3.90. The fourth-order valence-corrected chi connectivity index (χ4v) is 2.50. The summed E-state index contributed by atoms with van der Waals surface area (Å²) in [6.45, 7) is 0.535. The predicted octanol–water partition coefficient (Wildman–Crippen LogP) is 2.87. The molecular weight excluding hydrogens is 274 g/mol. The van der Waals surface area contributed by atoms with Crippen molar-refractivity contribution in [3.05, 3.63) is 43.7 Å². The number of nitro benzene ring substituents is 1. The summed E-state index contributed by atoms with van der Waals surface area (Å²) in [5.41, 5.74) is 6.74. The number of hydrogen-bond donors (Lipinski definition) is 1. The van der Waals surface area contributed by atoms with Gasteiger partial charge in [-0.15, -0.1) is 11.3 Å². The molecule has 0 bridgehead atoms. The number of hydrogen-bond acceptors (Lipinski definition) is 5. The zero-order valence-electron chi connectivity index (χ0n) is 9.30. The Labute approximate surface area is 112 Å². The molecule has 2 rings (SSSR count). The van der Waals surface area contributed by atoms with E-state index >= 15 is 0 Å². The molecule has 2 aromatic rings. The van der Waals surface area contributed by atoms with E-state index in [0.29, 0.717) is 24.2 Å². The van der Waals surface area contributed by atoms with Crippen molar-refractivity contribution in [1.82, 2.24) is 4.98 Å². The SMILES string of the molecule is NCCc1nc(-c2ccc(Cl)c([N+](=O)[O-])c2)cs1. The number of nitrogens with two attached hydrogens (primary N) is 1. The van der Waals surface area contributed by atoms with Gasteiger partial charge in [-0.3, -0.25) is 10.1 Å². The van der Waals surface area contributed by atoms with Gasteiger partial charge in [-0.25, -0.2) is 4.98 Å². The smallest absolute Gasteiger partial charge is 0.288 e. The zero-order valence-corrected chi connectivity index (χ0v) is 10.9. The Morgan fingerprint density at radius 2 is 2.28 bits per heavy atom. The normalized spacial score (nSPS) is 10.6. The molecule has 0 spiro atoms. The fraction of sp³-hybridized carbons (Fsp3) is 0.182. The van der Waals surface area contributed by atoms with Crippen LogP contribution in [0.25, 0.3) is 11.3 Å². The standard InChI is InChI=1S/C11H10ClN3O2S/c12-8-2-1-7(5-10(8)15(16)17)9-6-18-11(14-9)3-4-13/h1-2,5-6H,3-4,13H2. The summed E-state index contributed by atoms with van der Waals surface area (Å²) in [4.78, 5) is 14.7. The first kappa shape index (κ1) is 12.9. The van der Waals surface area contributed by atoms with E-state index in [4.69, 9.17) is 17.3 Å². The average Bonchev–Trinajstić information content (AvgIpc) is 2.78. The van der Waals surface area contributed by atoms with Crippen molar-refractivity contribution in [1.29, 1.82) is 0 Å². The number of thiazole rings is 1. The van der Waals surface area contributed by atoms with Gasteiger partial charge in [0, 0.05) is 23.4 Å². The molecule has 0 saturated heterocycles. The Morgan fingerprint density at radius 1 is 1.50 bits per heavy atom. The summed E-state index contributed by atoms with van der Waals surface area (Å²) in [6.07, 6.45) is 0.709. The van der Waals surface area contributed by atoms with E-state index in [1.165, 1.54) is 23.5 Å². The van der Waals surface area contributed by atoms with Gasteiger partial charge in [0.1, 0.15) is 5.02 Å². The van der Waals surface area contributed by atoms with E-state index in [0.717, 1.165) is 5.01 Å². The van der Waals surface area contributed by atoms with Crippen LogP contribution in [0.5, 0.6) is 0 Å². The van der Waals surface area contributed by atoms with Crippen molar-refractivity contribution >= 4 is 28.6 Å². The largest absolute Gasteiger partial charge is 0.330 e. The van der Waals surface area contributed by atoms with Gasteiger partial charge < -0.3 is 5.73 Å². The fourth-order valence-electron chi connectivity index (χ4n) is 1.49. The second-order valence-corrected chi connectivity index (χ2v) is 4.94. The summed E-state index contributed by atoms with van der Waals surface area (Å²) in [6, 6.07) is 4.66. The molecule has 1 aromatic heterocycles. The number of halogens is 1. The van der Waals surface area contributed by atoms with Crippen LogP contribution in [-0.4, -0.2) is 16.5 Å². The van der Waals surface area contributed by atoms with Crippen LogP contribution >= 0.6 is 22.9 Å². The molecule has 94 valence electrons. The number of aromatic nitrogens is 1. The number of rotatable bonds is 4. The molecule has 7 heteroatoms. The van der Waals surface area contributed by atoms with Gasteiger partial charge in [0.05, 0.1) is 15.6 Å². The lowest BCUT2D eigenvalue weighted by molar-refractivity contribution is -0.384. The molecule has 1 heterocycles. The molecule has 18 heavy (non-hydrogen) atoms. The molecule has 0 amide bonds. The van der Waals surface area contributed by atoms with Gasteiger partial charge in [-0.1, -0.05) is 17.7 Å². The van der Waals surface area contributed by atoms with Gasteiger partial charge in [0.15, 0.2) is 0 Å². The first-order valence-electron chi connectivity index (χ1n) is 5.20. The van der Waals surface area contributed by atoms with E-state index < -0.39 is 4.92 Å². The van der Waals surface area contributed by atoms with E-state index in [-0.39, 0.29) is 10.7 Å². The van der Waals surface area contributed by atoms with Crippen molar-refractivity contribution in [3.8, 4) is 11.3 Å². The molecule has 0 radical (unpaired) electrons. The van der Waals surface area contributed by atoms with Crippen molar-refractivity contribution in [2.24, 2.45) is 5.73 Å². The molecule has 0 aliphatic heterocycles. The summed E-state index contributed by atoms with van der Waals surface area (Å²) in [7, 11) is 0. The van der Waals surface area contributed by atoms with Gasteiger partial charge >= 0.3 is 0 Å². The second kappa shape index (κ2) is 5.43. The minimum atomic E-state index is -0.501. The van der Waals surface area contributed by atoms with E-state index in [1.807, 2.05) is 5.38 Å². The van der Waals surface area contributed by atoms with Crippen LogP contribution in [-0.2, 0) is 6.42 Å². The summed E-state index contributed by atoms with van der Waals surface area (Å²) in [5.74, 6) is 0. The highest BCUT2D eigenvalue weighted by Gasteiger charge is 2.14. The molecular formula is C11H10ClN3O2S. The number of nitrogens with zero attached hydrogens (tertiary/aromatic N) is 2. The highest BCUT2D eigenvalue weighted by Crippen LogP contribution is 2.30. The van der Waals surface area contributed by atoms with Crippen molar-refractivity contribution in [3.63, 3.8) is 0 Å². The lowest BCUT2D eigenvalue weighted by Crippen LogP contribution is -2.01. The van der Waals surface area contributed by atoms with Crippen molar-refractivity contribution in [2.75, 3.05) is 6.54 Å². The van der Waals surface area contributed by atoms with Crippen LogP contribution in [0, 0.1) is 10.1 Å². The first-order chi connectivity index (χ1) is 8.61. The predicted molar refractivity (Wildman–Crippen MR) is 72.0 cm³/mol. The lowest BCUT2D eigenvalue weighted by Gasteiger charge is -1.99. The molecule has 0 atom stereocenters. The molecule has 0 aliphatic carbocycles. The first-order valence-corrected chi connectivity index (χ1v) is 6.46. The topological polar surface area (TPSA) is 82.0 Å². The van der Waals surface area contributed by atoms with E-state index in [9.17, 15) is 10.1 Å². The summed E-state index contributed by atoms with van der Waals surface area (Å²) in [5, 5.41) is 13.7. The maximum absolute atomic E-state index is 10.8. The van der Waals surface area contributed by atoms with Crippen LogP contribution in [0.1, 0.15) is 5.01 Å². The zero-order chi connectivity index (χ0) is 13.1. The van der Waals surface area contributed by atoms with Crippen molar-refractivity contribution in [2.45, 2.75) is 6.42 Å².